The normalized spacial score (nSPS) is 10.5. The number of hydrogen-bond donors (Lipinski definition) is 0. The summed E-state index contributed by atoms with van der Waals surface area (Å²) in [5.41, 5.74) is -1.59. The second-order valence-electron chi connectivity index (χ2n) is 5.60. The molecule has 1 aromatic rings. The first-order valence-electron chi connectivity index (χ1n) is 8.35. The lowest BCUT2D eigenvalue weighted by Gasteiger charge is -2.13. The Labute approximate surface area is 142 Å². The van der Waals surface area contributed by atoms with Gasteiger partial charge in [-0.25, -0.2) is 28.1 Å². The van der Waals surface area contributed by atoms with Crippen molar-refractivity contribution in [3.05, 3.63) is 69.4 Å². The van der Waals surface area contributed by atoms with Gasteiger partial charge in [0.2, 0.25) is 0 Å². The van der Waals surface area contributed by atoms with E-state index < -0.39 is 17.1 Å². The lowest BCUT2D eigenvalue weighted by molar-refractivity contribution is 0.429. The molecule has 0 spiro atoms. The molecule has 6 nitrogen and oxygen atoms in total. The zero-order valence-corrected chi connectivity index (χ0v) is 14.3. The number of hydrogen-bond acceptors (Lipinski definition) is 3. The summed E-state index contributed by atoms with van der Waals surface area (Å²) in [5.74, 6) is 0. The smallest absolute Gasteiger partial charge is 0.247 e. The molecule has 0 unspecified atom stereocenters. The molecule has 0 fully saturated rings. The van der Waals surface area contributed by atoms with Gasteiger partial charge in [0.05, 0.1) is 0 Å². The average molecular weight is 333 g/mol. The first-order valence-corrected chi connectivity index (χ1v) is 8.35. The van der Waals surface area contributed by atoms with Crippen LogP contribution in [0.2, 0.25) is 0 Å². The molecule has 0 N–H and O–H groups in total. The van der Waals surface area contributed by atoms with E-state index in [4.69, 9.17) is 0 Å². The third-order valence-corrected chi connectivity index (χ3v) is 3.76. The SMILES string of the molecule is C=CCCCn1c(=O)n(CCCC=C)c(=O)n(CCCC=C)c1=O. The highest BCUT2D eigenvalue weighted by molar-refractivity contribution is 4.81. The predicted octanol–water partition coefficient (Wildman–Crippen LogP) is 2.07. The van der Waals surface area contributed by atoms with Gasteiger partial charge in [-0.05, 0) is 38.5 Å². The van der Waals surface area contributed by atoms with Crippen LogP contribution in [0, 0.1) is 0 Å². The number of unbranched alkanes of at least 4 members (excludes halogenated alkanes) is 3. The molecule has 0 radical (unpaired) electrons. The summed E-state index contributed by atoms with van der Waals surface area (Å²) in [7, 11) is 0. The highest BCUT2D eigenvalue weighted by Gasteiger charge is 2.14. The molecule has 1 aromatic heterocycles. The fourth-order valence-corrected chi connectivity index (χ4v) is 2.44. The number of allylic oxidation sites excluding steroid dienone is 3. The second kappa shape index (κ2) is 10.4. The molecular formula is C18H27N3O3. The zero-order valence-electron chi connectivity index (χ0n) is 14.3. The summed E-state index contributed by atoms with van der Waals surface area (Å²) in [6.07, 6.45) is 9.26. The molecule has 6 heteroatoms. The summed E-state index contributed by atoms with van der Waals surface area (Å²) in [6.45, 7) is 11.8. The Balaban J connectivity index is 3.29. The van der Waals surface area contributed by atoms with E-state index in [1.54, 1.807) is 18.2 Å². The Morgan fingerprint density at radius 2 is 0.833 bits per heavy atom. The van der Waals surface area contributed by atoms with Crippen LogP contribution in [0.5, 0.6) is 0 Å². The molecule has 1 rings (SSSR count). The van der Waals surface area contributed by atoms with E-state index in [1.807, 2.05) is 0 Å². The van der Waals surface area contributed by atoms with Gasteiger partial charge >= 0.3 is 17.1 Å². The van der Waals surface area contributed by atoms with E-state index in [-0.39, 0.29) is 19.6 Å². The van der Waals surface area contributed by atoms with Gasteiger partial charge in [0.1, 0.15) is 0 Å². The molecular weight excluding hydrogens is 306 g/mol. The van der Waals surface area contributed by atoms with Crippen LogP contribution in [-0.2, 0) is 19.6 Å². The van der Waals surface area contributed by atoms with Crippen molar-refractivity contribution in [1.29, 1.82) is 0 Å². The lowest BCUT2D eigenvalue weighted by atomic mass is 10.3. The van der Waals surface area contributed by atoms with Gasteiger partial charge in [0.25, 0.3) is 0 Å². The van der Waals surface area contributed by atoms with Crippen LogP contribution in [0.3, 0.4) is 0 Å². The van der Waals surface area contributed by atoms with E-state index in [9.17, 15) is 14.4 Å². The Morgan fingerprint density at radius 3 is 1.04 bits per heavy atom. The zero-order chi connectivity index (χ0) is 17.9. The van der Waals surface area contributed by atoms with E-state index in [2.05, 4.69) is 19.7 Å². The minimum Gasteiger partial charge on any atom is -0.247 e. The quantitative estimate of drug-likeness (QED) is 0.434. The molecule has 0 amide bonds. The fourth-order valence-electron chi connectivity index (χ4n) is 2.44. The van der Waals surface area contributed by atoms with Gasteiger partial charge in [0, 0.05) is 19.6 Å². The molecule has 0 aliphatic heterocycles. The lowest BCUT2D eigenvalue weighted by Crippen LogP contribution is -2.54. The fraction of sp³-hybridized carbons (Fsp3) is 0.500. The van der Waals surface area contributed by atoms with Gasteiger partial charge in [-0.2, -0.15) is 0 Å². The minimum atomic E-state index is -0.530. The minimum absolute atomic E-state index is 0.285. The van der Waals surface area contributed by atoms with Crippen molar-refractivity contribution in [1.82, 2.24) is 13.7 Å². The standard InChI is InChI=1S/C18H27N3O3/c1-4-7-10-13-19-16(22)20(14-11-8-5-2)18(24)21(17(19)23)15-12-9-6-3/h4-6H,1-3,7-15H2. The second-order valence-corrected chi connectivity index (χ2v) is 5.60. The summed E-state index contributed by atoms with van der Waals surface area (Å²) in [4.78, 5) is 37.6. The maximum atomic E-state index is 12.5. The molecule has 0 bridgehead atoms. The molecule has 0 aliphatic rings. The number of rotatable bonds is 12. The largest absolute Gasteiger partial charge is 0.336 e. The Morgan fingerprint density at radius 1 is 0.583 bits per heavy atom. The molecule has 0 saturated carbocycles. The van der Waals surface area contributed by atoms with Crippen molar-refractivity contribution in [2.24, 2.45) is 0 Å². The molecule has 1 heterocycles. The van der Waals surface area contributed by atoms with E-state index in [0.29, 0.717) is 38.5 Å². The van der Waals surface area contributed by atoms with Gasteiger partial charge < -0.3 is 0 Å². The monoisotopic (exact) mass is 333 g/mol. The van der Waals surface area contributed by atoms with Crippen molar-refractivity contribution in [3.63, 3.8) is 0 Å². The Kier molecular flexibility index (Phi) is 8.54. The third-order valence-electron chi connectivity index (χ3n) is 3.76. The van der Waals surface area contributed by atoms with Crippen molar-refractivity contribution in [2.75, 3.05) is 0 Å². The average Bonchev–Trinajstić information content (AvgIpc) is 2.57. The number of aromatic nitrogens is 3. The van der Waals surface area contributed by atoms with Crippen LogP contribution in [0.25, 0.3) is 0 Å². The van der Waals surface area contributed by atoms with Crippen LogP contribution in [0.1, 0.15) is 38.5 Å². The highest BCUT2D eigenvalue weighted by Crippen LogP contribution is 1.95. The summed E-state index contributed by atoms with van der Waals surface area (Å²) in [5, 5.41) is 0. The van der Waals surface area contributed by atoms with Crippen LogP contribution < -0.4 is 17.1 Å². The summed E-state index contributed by atoms with van der Waals surface area (Å²) >= 11 is 0. The third kappa shape index (κ3) is 5.08. The van der Waals surface area contributed by atoms with E-state index >= 15 is 0 Å². The molecule has 24 heavy (non-hydrogen) atoms. The van der Waals surface area contributed by atoms with Gasteiger partial charge in [-0.15, -0.1) is 19.7 Å². The molecule has 0 atom stereocenters. The Bertz CT molecular complexity index is 607. The van der Waals surface area contributed by atoms with Crippen LogP contribution in [0.15, 0.2) is 52.3 Å². The first kappa shape index (κ1) is 19.7. The maximum Gasteiger partial charge on any atom is 0.336 e. The number of nitrogens with zero attached hydrogens (tertiary/aromatic N) is 3. The first-order chi connectivity index (χ1) is 11.6. The van der Waals surface area contributed by atoms with Crippen molar-refractivity contribution < 1.29 is 0 Å². The van der Waals surface area contributed by atoms with E-state index in [1.165, 1.54) is 0 Å². The molecule has 0 aromatic carbocycles. The summed E-state index contributed by atoms with van der Waals surface area (Å²) < 4.78 is 3.48. The van der Waals surface area contributed by atoms with Crippen molar-refractivity contribution >= 4 is 0 Å². The topological polar surface area (TPSA) is 66.0 Å². The van der Waals surface area contributed by atoms with Crippen LogP contribution >= 0.6 is 0 Å². The predicted molar refractivity (Wildman–Crippen MR) is 97.5 cm³/mol. The van der Waals surface area contributed by atoms with Crippen LogP contribution in [0.4, 0.5) is 0 Å². The molecule has 132 valence electrons. The molecule has 0 aliphatic carbocycles. The summed E-state index contributed by atoms with van der Waals surface area (Å²) in [6, 6.07) is 0. The van der Waals surface area contributed by atoms with Gasteiger partial charge in [-0.1, -0.05) is 18.2 Å². The maximum absolute atomic E-state index is 12.5. The van der Waals surface area contributed by atoms with Crippen molar-refractivity contribution in [3.8, 4) is 0 Å². The van der Waals surface area contributed by atoms with Gasteiger partial charge in [-0.3, -0.25) is 0 Å². The van der Waals surface area contributed by atoms with Gasteiger partial charge in [0.15, 0.2) is 0 Å². The van der Waals surface area contributed by atoms with E-state index in [0.717, 1.165) is 13.7 Å². The molecule has 0 saturated heterocycles. The highest BCUT2D eigenvalue weighted by atomic mass is 16.2. The van der Waals surface area contributed by atoms with Crippen molar-refractivity contribution in [2.45, 2.75) is 58.2 Å². The van der Waals surface area contributed by atoms with Crippen LogP contribution in [-0.4, -0.2) is 13.7 Å². The Hall–Kier alpha value is -2.37.